The van der Waals surface area contributed by atoms with Gasteiger partial charge in [-0.3, -0.25) is 4.99 Å². The van der Waals surface area contributed by atoms with E-state index in [4.69, 9.17) is 0 Å². The molecular weight excluding hydrogens is 287 g/mol. The Morgan fingerprint density at radius 2 is 2.29 bits per heavy atom. The minimum atomic E-state index is -0.220. The van der Waals surface area contributed by atoms with Crippen LogP contribution in [0.1, 0.15) is 15.4 Å². The van der Waals surface area contributed by atoms with E-state index in [9.17, 15) is 4.39 Å². The molecule has 0 radical (unpaired) electrons. The van der Waals surface area contributed by atoms with Crippen LogP contribution >= 0.6 is 11.3 Å². The van der Waals surface area contributed by atoms with Crippen molar-refractivity contribution in [3.63, 3.8) is 0 Å². The van der Waals surface area contributed by atoms with Crippen LogP contribution in [0, 0.1) is 12.7 Å². The second-order valence-electron chi connectivity index (χ2n) is 4.75. The summed E-state index contributed by atoms with van der Waals surface area (Å²) in [7, 11) is 3.66. The van der Waals surface area contributed by atoms with Crippen molar-refractivity contribution in [3.8, 4) is 0 Å². The Hall–Kier alpha value is -1.95. The van der Waals surface area contributed by atoms with Gasteiger partial charge >= 0.3 is 0 Å². The lowest BCUT2D eigenvalue weighted by atomic mass is 10.2. The van der Waals surface area contributed by atoms with Crippen LogP contribution in [0.4, 0.5) is 4.39 Å². The molecule has 0 unspecified atom stereocenters. The van der Waals surface area contributed by atoms with E-state index in [1.54, 1.807) is 24.5 Å². The Bertz CT molecular complexity index is 624. The highest BCUT2D eigenvalue weighted by molar-refractivity contribution is 7.11. The quantitative estimate of drug-likeness (QED) is 0.697. The SMILES string of the molecule is CN=C(NCc1ncc(C)s1)N(C)Cc1cccc(F)c1. The molecule has 0 bridgehead atoms. The lowest BCUT2D eigenvalue weighted by molar-refractivity contribution is 0.474. The highest BCUT2D eigenvalue weighted by atomic mass is 32.1. The summed E-state index contributed by atoms with van der Waals surface area (Å²) in [6.07, 6.45) is 1.86. The molecular formula is C15H19FN4S. The first-order valence-corrected chi connectivity index (χ1v) is 7.47. The largest absolute Gasteiger partial charge is 0.350 e. The Balaban J connectivity index is 1.94. The normalized spacial score (nSPS) is 11.5. The molecule has 0 aliphatic rings. The average molecular weight is 306 g/mol. The van der Waals surface area contributed by atoms with E-state index in [2.05, 4.69) is 15.3 Å². The minimum absolute atomic E-state index is 0.220. The third kappa shape index (κ3) is 4.53. The number of aliphatic imine (C=N–C) groups is 1. The molecule has 1 heterocycles. The van der Waals surface area contributed by atoms with E-state index >= 15 is 0 Å². The smallest absolute Gasteiger partial charge is 0.194 e. The number of halogens is 1. The van der Waals surface area contributed by atoms with Gasteiger partial charge in [0.15, 0.2) is 5.96 Å². The van der Waals surface area contributed by atoms with Gasteiger partial charge in [0, 0.05) is 31.7 Å². The Morgan fingerprint density at radius 3 is 2.90 bits per heavy atom. The van der Waals surface area contributed by atoms with Gasteiger partial charge < -0.3 is 10.2 Å². The van der Waals surface area contributed by atoms with Gasteiger partial charge in [-0.1, -0.05) is 12.1 Å². The number of aromatic nitrogens is 1. The molecule has 0 aliphatic carbocycles. The van der Waals surface area contributed by atoms with Gasteiger partial charge in [0.1, 0.15) is 10.8 Å². The predicted octanol–water partition coefficient (Wildman–Crippen LogP) is 2.80. The highest BCUT2D eigenvalue weighted by Gasteiger charge is 2.08. The number of aryl methyl sites for hydroxylation is 1. The van der Waals surface area contributed by atoms with Gasteiger partial charge in [-0.2, -0.15) is 0 Å². The fourth-order valence-electron chi connectivity index (χ4n) is 2.01. The van der Waals surface area contributed by atoms with Crippen molar-refractivity contribution in [2.45, 2.75) is 20.0 Å². The topological polar surface area (TPSA) is 40.5 Å². The number of rotatable bonds is 4. The maximum atomic E-state index is 13.2. The zero-order chi connectivity index (χ0) is 15.2. The van der Waals surface area contributed by atoms with Crippen LogP contribution in [0.3, 0.4) is 0 Å². The van der Waals surface area contributed by atoms with Crippen molar-refractivity contribution >= 4 is 17.3 Å². The van der Waals surface area contributed by atoms with Crippen LogP contribution in [0.5, 0.6) is 0 Å². The van der Waals surface area contributed by atoms with E-state index in [0.29, 0.717) is 13.1 Å². The van der Waals surface area contributed by atoms with Crippen LogP contribution < -0.4 is 5.32 Å². The zero-order valence-electron chi connectivity index (χ0n) is 12.4. The van der Waals surface area contributed by atoms with Crippen LogP contribution in [0.25, 0.3) is 0 Å². The molecule has 2 rings (SSSR count). The lowest BCUT2D eigenvalue weighted by Crippen LogP contribution is -2.38. The molecule has 0 spiro atoms. The van der Waals surface area contributed by atoms with E-state index < -0.39 is 0 Å². The number of hydrogen-bond donors (Lipinski definition) is 1. The Kier molecular flexibility index (Phi) is 5.27. The molecule has 21 heavy (non-hydrogen) atoms. The summed E-state index contributed by atoms with van der Waals surface area (Å²) in [5.74, 6) is 0.536. The highest BCUT2D eigenvalue weighted by Crippen LogP contribution is 2.11. The van der Waals surface area contributed by atoms with Crippen LogP contribution in [-0.4, -0.2) is 29.9 Å². The summed E-state index contributed by atoms with van der Waals surface area (Å²) in [4.78, 5) is 11.7. The molecule has 0 fully saturated rings. The third-order valence-corrected chi connectivity index (χ3v) is 3.86. The molecule has 0 atom stereocenters. The number of nitrogens with zero attached hydrogens (tertiary/aromatic N) is 3. The lowest BCUT2D eigenvalue weighted by Gasteiger charge is -2.21. The van der Waals surface area contributed by atoms with Crippen molar-refractivity contribution < 1.29 is 4.39 Å². The van der Waals surface area contributed by atoms with Crippen molar-refractivity contribution in [2.24, 2.45) is 4.99 Å². The molecule has 4 nitrogen and oxygen atoms in total. The van der Waals surface area contributed by atoms with Crippen LogP contribution in [-0.2, 0) is 13.1 Å². The van der Waals surface area contributed by atoms with E-state index in [1.165, 1.54) is 17.0 Å². The Morgan fingerprint density at radius 1 is 1.48 bits per heavy atom. The maximum absolute atomic E-state index is 13.2. The molecule has 112 valence electrons. The molecule has 0 aliphatic heterocycles. The van der Waals surface area contributed by atoms with Crippen molar-refractivity contribution in [3.05, 3.63) is 51.7 Å². The van der Waals surface area contributed by atoms with Crippen LogP contribution in [0.15, 0.2) is 35.5 Å². The number of nitrogens with one attached hydrogen (secondary N) is 1. The van der Waals surface area contributed by atoms with Gasteiger partial charge in [-0.15, -0.1) is 11.3 Å². The fourth-order valence-corrected chi connectivity index (χ4v) is 2.73. The number of thiazole rings is 1. The summed E-state index contributed by atoms with van der Waals surface area (Å²) in [6.45, 7) is 3.26. The molecule has 0 saturated heterocycles. The van der Waals surface area contributed by atoms with Gasteiger partial charge in [0.2, 0.25) is 0 Å². The monoisotopic (exact) mass is 306 g/mol. The standard InChI is InChI=1S/C15H19FN4S/c1-11-8-18-14(21-11)9-19-15(17-2)20(3)10-12-5-4-6-13(16)7-12/h4-8H,9-10H2,1-3H3,(H,17,19). The minimum Gasteiger partial charge on any atom is -0.350 e. The van der Waals surface area contributed by atoms with Crippen molar-refractivity contribution in [1.29, 1.82) is 0 Å². The number of guanidine groups is 1. The predicted molar refractivity (Wildman–Crippen MR) is 84.9 cm³/mol. The second-order valence-corrected chi connectivity index (χ2v) is 6.07. The summed E-state index contributed by atoms with van der Waals surface area (Å²) < 4.78 is 13.2. The first-order chi connectivity index (χ1) is 10.1. The molecule has 2 aromatic rings. The van der Waals surface area contributed by atoms with Gasteiger partial charge in [-0.05, 0) is 24.6 Å². The van der Waals surface area contributed by atoms with E-state index in [-0.39, 0.29) is 5.82 Å². The molecule has 1 aromatic carbocycles. The molecule has 0 saturated carbocycles. The summed E-state index contributed by atoms with van der Waals surface area (Å²) >= 11 is 1.66. The zero-order valence-corrected chi connectivity index (χ0v) is 13.2. The van der Waals surface area contributed by atoms with Gasteiger partial charge in [-0.25, -0.2) is 9.37 Å². The third-order valence-electron chi connectivity index (χ3n) is 2.95. The van der Waals surface area contributed by atoms with Crippen LogP contribution in [0.2, 0.25) is 0 Å². The number of hydrogen-bond acceptors (Lipinski definition) is 3. The van der Waals surface area contributed by atoms with E-state index in [0.717, 1.165) is 16.5 Å². The summed E-state index contributed by atoms with van der Waals surface area (Å²) in [5.41, 5.74) is 0.908. The molecule has 0 amide bonds. The van der Waals surface area contributed by atoms with Crippen molar-refractivity contribution in [1.82, 2.24) is 15.2 Å². The summed E-state index contributed by atoms with van der Waals surface area (Å²) in [5, 5.41) is 4.28. The molecule has 1 N–H and O–H groups in total. The average Bonchev–Trinajstić information content (AvgIpc) is 2.85. The fraction of sp³-hybridized carbons (Fsp3) is 0.333. The second kappa shape index (κ2) is 7.17. The first-order valence-electron chi connectivity index (χ1n) is 6.66. The molecule has 1 aromatic heterocycles. The molecule has 6 heteroatoms. The maximum Gasteiger partial charge on any atom is 0.194 e. The van der Waals surface area contributed by atoms with E-state index in [1.807, 2.05) is 31.1 Å². The first kappa shape index (κ1) is 15.4. The Labute approximate surface area is 128 Å². The van der Waals surface area contributed by atoms with Gasteiger partial charge in [0.25, 0.3) is 0 Å². The van der Waals surface area contributed by atoms with Gasteiger partial charge in [0.05, 0.1) is 6.54 Å². The van der Waals surface area contributed by atoms with Crippen molar-refractivity contribution in [2.75, 3.05) is 14.1 Å². The number of benzene rings is 1. The summed E-state index contributed by atoms with van der Waals surface area (Å²) in [6, 6.07) is 6.60.